The van der Waals surface area contributed by atoms with Gasteiger partial charge in [-0.15, -0.1) is 12.4 Å². The van der Waals surface area contributed by atoms with Crippen LogP contribution in [0.1, 0.15) is 39.5 Å². The summed E-state index contributed by atoms with van der Waals surface area (Å²) in [7, 11) is -1.61. The second-order valence-corrected chi connectivity index (χ2v) is 8.98. The summed E-state index contributed by atoms with van der Waals surface area (Å²) in [6.07, 6.45) is 4.22. The first-order valence-electron chi connectivity index (χ1n) is 8.03. The van der Waals surface area contributed by atoms with Crippen molar-refractivity contribution >= 4 is 34.1 Å². The Hall–Kier alpha value is -0.860. The first-order chi connectivity index (χ1) is 10.6. The van der Waals surface area contributed by atoms with Crippen molar-refractivity contribution in [2.24, 2.45) is 11.7 Å². The smallest absolute Gasteiger partial charge is 0.241 e. The molecule has 7 nitrogen and oxygen atoms in total. The second kappa shape index (κ2) is 9.58. The van der Waals surface area contributed by atoms with Crippen molar-refractivity contribution in [3.05, 3.63) is 0 Å². The van der Waals surface area contributed by atoms with Crippen molar-refractivity contribution in [1.29, 1.82) is 0 Å². The van der Waals surface area contributed by atoms with Crippen LogP contribution in [-0.2, 0) is 19.4 Å². The molecule has 1 aliphatic carbocycles. The number of nitrogens with two attached hydrogens (primary N) is 1. The lowest BCUT2D eigenvalue weighted by atomic mass is 9.94. The number of hydrogen-bond acceptors (Lipinski definition) is 5. The van der Waals surface area contributed by atoms with E-state index >= 15 is 0 Å². The summed E-state index contributed by atoms with van der Waals surface area (Å²) in [4.78, 5) is 25.6. The lowest BCUT2D eigenvalue weighted by Gasteiger charge is -2.37. The number of nitrogens with one attached hydrogen (secondary N) is 1. The van der Waals surface area contributed by atoms with Gasteiger partial charge in [0.05, 0.1) is 17.8 Å². The van der Waals surface area contributed by atoms with Gasteiger partial charge in [-0.05, 0) is 18.8 Å². The van der Waals surface area contributed by atoms with Crippen LogP contribution >= 0.6 is 12.4 Å². The first kappa shape index (κ1) is 23.1. The van der Waals surface area contributed by atoms with Gasteiger partial charge in [-0.2, -0.15) is 0 Å². The molecule has 3 N–H and O–H groups in total. The van der Waals surface area contributed by atoms with Crippen LogP contribution in [0, 0.1) is 5.92 Å². The topological polar surface area (TPSA) is 110 Å². The Labute approximate surface area is 151 Å². The molecular formula is C15H30ClN3O4S. The van der Waals surface area contributed by atoms with Crippen molar-refractivity contribution in [2.75, 3.05) is 19.8 Å². The maximum absolute atomic E-state index is 12.3. The van der Waals surface area contributed by atoms with Crippen molar-refractivity contribution in [2.45, 2.75) is 56.9 Å². The van der Waals surface area contributed by atoms with Gasteiger partial charge in [0.15, 0.2) is 9.84 Å². The summed E-state index contributed by atoms with van der Waals surface area (Å²) in [5, 5.41) is 2.00. The van der Waals surface area contributed by atoms with Crippen molar-refractivity contribution in [3.63, 3.8) is 0 Å². The Morgan fingerprint density at radius 2 is 1.79 bits per heavy atom. The molecule has 0 aromatic heterocycles. The standard InChI is InChI=1S/C15H29N3O4S.ClH/c1-10(2)14(16)15(20)17-9-13(19)18(3)11-7-5-6-8-12(11)23(4,21)22;/h10-12,14H,5-9,16H2,1-4H3,(H,17,20);1H/t11?,12?,14-;/m0./s1. The van der Waals surface area contributed by atoms with Crippen LogP contribution in [0.5, 0.6) is 0 Å². The average molecular weight is 384 g/mol. The molecule has 0 aromatic carbocycles. The molecule has 0 aromatic rings. The average Bonchev–Trinajstić information content (AvgIpc) is 2.49. The molecule has 2 amide bonds. The predicted molar refractivity (Wildman–Crippen MR) is 96.7 cm³/mol. The fourth-order valence-corrected chi connectivity index (χ4v) is 4.40. The normalized spacial score (nSPS) is 22.4. The van der Waals surface area contributed by atoms with E-state index < -0.39 is 21.1 Å². The third kappa shape index (κ3) is 6.22. The number of hydrogen-bond donors (Lipinski definition) is 2. The molecular weight excluding hydrogens is 354 g/mol. The Morgan fingerprint density at radius 3 is 2.29 bits per heavy atom. The molecule has 0 heterocycles. The Bertz CT molecular complexity index is 539. The van der Waals surface area contributed by atoms with E-state index in [0.29, 0.717) is 12.8 Å². The van der Waals surface area contributed by atoms with E-state index in [4.69, 9.17) is 5.73 Å². The Morgan fingerprint density at radius 1 is 1.25 bits per heavy atom. The van der Waals surface area contributed by atoms with Crippen LogP contribution in [0.15, 0.2) is 0 Å². The quantitative estimate of drug-likeness (QED) is 0.686. The van der Waals surface area contributed by atoms with Gasteiger partial charge in [-0.25, -0.2) is 8.42 Å². The molecule has 0 saturated heterocycles. The summed E-state index contributed by atoms with van der Waals surface area (Å²) >= 11 is 0. The molecule has 0 bridgehead atoms. The third-order valence-electron chi connectivity index (χ3n) is 4.54. The first-order valence-corrected chi connectivity index (χ1v) is 9.99. The molecule has 1 aliphatic rings. The fraction of sp³-hybridized carbons (Fsp3) is 0.867. The zero-order valence-electron chi connectivity index (χ0n) is 14.8. The zero-order valence-corrected chi connectivity index (χ0v) is 16.5. The highest BCUT2D eigenvalue weighted by Gasteiger charge is 2.36. The number of nitrogens with zero attached hydrogens (tertiary/aromatic N) is 1. The van der Waals surface area contributed by atoms with E-state index in [0.717, 1.165) is 12.8 Å². The molecule has 1 fully saturated rings. The number of sulfone groups is 1. The largest absolute Gasteiger partial charge is 0.346 e. The maximum Gasteiger partial charge on any atom is 0.241 e. The number of halogens is 1. The molecule has 0 radical (unpaired) electrons. The van der Waals surface area contributed by atoms with E-state index in [-0.39, 0.29) is 42.7 Å². The fourth-order valence-electron chi connectivity index (χ4n) is 2.91. The molecule has 24 heavy (non-hydrogen) atoms. The predicted octanol–water partition coefficient (Wildman–Crippen LogP) is 0.322. The van der Waals surface area contributed by atoms with Gasteiger partial charge in [0.1, 0.15) is 0 Å². The van der Waals surface area contributed by atoms with Crippen LogP contribution in [-0.4, -0.2) is 62.3 Å². The molecule has 3 atom stereocenters. The summed E-state index contributed by atoms with van der Waals surface area (Å²) in [6.45, 7) is 3.50. The Kier molecular flexibility index (Phi) is 9.24. The number of carbonyl (C=O) groups is 2. The number of amides is 2. The minimum atomic E-state index is -3.21. The van der Waals surface area contributed by atoms with E-state index in [2.05, 4.69) is 5.32 Å². The van der Waals surface area contributed by atoms with Crippen molar-refractivity contribution < 1.29 is 18.0 Å². The van der Waals surface area contributed by atoms with E-state index in [1.165, 1.54) is 11.2 Å². The van der Waals surface area contributed by atoms with Crippen molar-refractivity contribution in [1.82, 2.24) is 10.2 Å². The maximum atomic E-state index is 12.3. The highest BCUT2D eigenvalue weighted by molar-refractivity contribution is 7.91. The van der Waals surface area contributed by atoms with Gasteiger partial charge in [0.25, 0.3) is 0 Å². The van der Waals surface area contributed by atoms with Crippen LogP contribution in [0.3, 0.4) is 0 Å². The van der Waals surface area contributed by atoms with Gasteiger partial charge in [-0.3, -0.25) is 9.59 Å². The molecule has 1 rings (SSSR count). The minimum absolute atomic E-state index is 0. The van der Waals surface area contributed by atoms with E-state index in [1.807, 2.05) is 13.8 Å². The van der Waals surface area contributed by atoms with Crippen LogP contribution in [0.4, 0.5) is 0 Å². The molecule has 0 spiro atoms. The number of likely N-dealkylation sites (N-methyl/N-ethyl adjacent to an activating group) is 1. The number of rotatable bonds is 6. The summed E-state index contributed by atoms with van der Waals surface area (Å²) in [5.74, 6) is -0.685. The van der Waals surface area contributed by atoms with Crippen LogP contribution in [0.2, 0.25) is 0 Å². The van der Waals surface area contributed by atoms with Gasteiger partial charge >= 0.3 is 0 Å². The summed E-state index contributed by atoms with van der Waals surface area (Å²) in [6, 6.07) is -0.992. The summed E-state index contributed by atoms with van der Waals surface area (Å²) < 4.78 is 23.9. The highest BCUT2D eigenvalue weighted by Crippen LogP contribution is 2.27. The molecule has 1 saturated carbocycles. The number of carbonyl (C=O) groups excluding carboxylic acids is 2. The van der Waals surface area contributed by atoms with Crippen LogP contribution in [0.25, 0.3) is 0 Å². The van der Waals surface area contributed by atoms with Crippen molar-refractivity contribution in [3.8, 4) is 0 Å². The highest BCUT2D eigenvalue weighted by atomic mass is 35.5. The molecule has 0 aliphatic heterocycles. The van der Waals surface area contributed by atoms with E-state index in [1.54, 1.807) is 7.05 Å². The lowest BCUT2D eigenvalue weighted by Crippen LogP contribution is -2.53. The summed E-state index contributed by atoms with van der Waals surface area (Å²) in [5.41, 5.74) is 5.73. The van der Waals surface area contributed by atoms with Gasteiger partial charge in [-0.1, -0.05) is 26.7 Å². The van der Waals surface area contributed by atoms with Gasteiger partial charge in [0, 0.05) is 19.3 Å². The second-order valence-electron chi connectivity index (χ2n) is 6.71. The van der Waals surface area contributed by atoms with Gasteiger partial charge in [0.2, 0.25) is 11.8 Å². The van der Waals surface area contributed by atoms with Gasteiger partial charge < -0.3 is 16.0 Å². The molecule has 9 heteroatoms. The van der Waals surface area contributed by atoms with Crippen LogP contribution < -0.4 is 11.1 Å². The van der Waals surface area contributed by atoms with E-state index in [9.17, 15) is 18.0 Å². The Balaban J connectivity index is 0.00000529. The monoisotopic (exact) mass is 383 g/mol. The third-order valence-corrected chi connectivity index (χ3v) is 6.19. The SMILES string of the molecule is CC(C)[C@H](N)C(=O)NCC(=O)N(C)C1CCCCC1S(C)(=O)=O.Cl. The molecule has 142 valence electrons. The molecule has 2 unspecified atom stereocenters. The zero-order chi connectivity index (χ0) is 17.8. The lowest BCUT2D eigenvalue weighted by molar-refractivity contribution is -0.134. The minimum Gasteiger partial charge on any atom is -0.346 e.